The molecule has 0 amide bonds. The number of nitrogens with two attached hydrogens (primary N) is 1. The molecule has 2 N–H and O–H groups in total. The summed E-state index contributed by atoms with van der Waals surface area (Å²) in [4.78, 5) is 0. The molecule has 0 radical (unpaired) electrons. The standard InChI is InChI=1S/C17H33N/c1-15(2,3)9-12-7-13-10-17(18,16(4,5)6)11-14(13)8-12/h12-14H,7-11,18H2,1-6H3. The van der Waals surface area contributed by atoms with Crippen molar-refractivity contribution in [1.82, 2.24) is 0 Å². The maximum atomic E-state index is 6.70. The third-order valence-electron chi connectivity index (χ3n) is 5.59. The van der Waals surface area contributed by atoms with Gasteiger partial charge in [-0.25, -0.2) is 0 Å². The van der Waals surface area contributed by atoms with Crippen molar-refractivity contribution < 1.29 is 0 Å². The molecule has 1 heteroatoms. The van der Waals surface area contributed by atoms with Crippen LogP contribution in [0.4, 0.5) is 0 Å². The van der Waals surface area contributed by atoms with Gasteiger partial charge in [0.25, 0.3) is 0 Å². The summed E-state index contributed by atoms with van der Waals surface area (Å²) in [5.74, 6) is 2.80. The van der Waals surface area contributed by atoms with E-state index in [4.69, 9.17) is 5.73 Å². The molecule has 106 valence electrons. The number of hydrogen-bond donors (Lipinski definition) is 1. The molecule has 2 rings (SSSR count). The Hall–Kier alpha value is -0.0400. The third kappa shape index (κ3) is 2.76. The summed E-state index contributed by atoms with van der Waals surface area (Å²) in [5, 5.41) is 0. The molecule has 0 bridgehead atoms. The van der Waals surface area contributed by atoms with Crippen LogP contribution in [0.15, 0.2) is 0 Å². The Labute approximate surface area is 114 Å². The minimum absolute atomic E-state index is 0.0923. The molecule has 0 aromatic rings. The van der Waals surface area contributed by atoms with E-state index in [2.05, 4.69) is 41.5 Å². The van der Waals surface area contributed by atoms with Gasteiger partial charge in [0.2, 0.25) is 0 Å². The van der Waals surface area contributed by atoms with E-state index < -0.39 is 0 Å². The summed E-state index contributed by atoms with van der Waals surface area (Å²) >= 11 is 0. The lowest BCUT2D eigenvalue weighted by molar-refractivity contribution is 0.172. The highest BCUT2D eigenvalue weighted by Crippen LogP contribution is 2.56. The fourth-order valence-electron chi connectivity index (χ4n) is 4.50. The van der Waals surface area contributed by atoms with Crippen LogP contribution >= 0.6 is 0 Å². The van der Waals surface area contributed by atoms with Gasteiger partial charge in [0, 0.05) is 5.54 Å². The highest BCUT2D eigenvalue weighted by molar-refractivity contribution is 5.07. The topological polar surface area (TPSA) is 26.0 Å². The van der Waals surface area contributed by atoms with Gasteiger partial charge in [-0.05, 0) is 60.7 Å². The fraction of sp³-hybridized carbons (Fsp3) is 1.00. The number of hydrogen-bond acceptors (Lipinski definition) is 1. The van der Waals surface area contributed by atoms with Crippen molar-refractivity contribution in [2.45, 2.75) is 79.2 Å². The van der Waals surface area contributed by atoms with E-state index in [0.717, 1.165) is 17.8 Å². The molecule has 0 heterocycles. The van der Waals surface area contributed by atoms with Gasteiger partial charge in [0.1, 0.15) is 0 Å². The minimum Gasteiger partial charge on any atom is -0.325 e. The van der Waals surface area contributed by atoms with Crippen LogP contribution < -0.4 is 5.73 Å². The molecule has 1 nitrogen and oxygen atoms in total. The molecule has 2 fully saturated rings. The van der Waals surface area contributed by atoms with Crippen LogP contribution in [-0.4, -0.2) is 5.54 Å². The van der Waals surface area contributed by atoms with Crippen molar-refractivity contribution in [1.29, 1.82) is 0 Å². The molecule has 2 aliphatic rings. The van der Waals surface area contributed by atoms with Crippen LogP contribution in [0.3, 0.4) is 0 Å². The van der Waals surface area contributed by atoms with Crippen LogP contribution in [0.25, 0.3) is 0 Å². The Balaban J connectivity index is 1.96. The lowest BCUT2D eigenvalue weighted by atomic mass is 9.71. The second-order valence-corrected chi connectivity index (χ2v) is 9.44. The van der Waals surface area contributed by atoms with Crippen LogP contribution in [0, 0.1) is 28.6 Å². The van der Waals surface area contributed by atoms with Gasteiger partial charge in [-0.1, -0.05) is 41.5 Å². The first-order valence-electron chi connectivity index (χ1n) is 7.79. The minimum atomic E-state index is 0.0923. The van der Waals surface area contributed by atoms with Gasteiger partial charge in [0.05, 0.1) is 0 Å². The highest BCUT2D eigenvalue weighted by Gasteiger charge is 2.52. The van der Waals surface area contributed by atoms with Crippen molar-refractivity contribution in [3.63, 3.8) is 0 Å². The van der Waals surface area contributed by atoms with E-state index in [1.54, 1.807) is 0 Å². The molecule has 0 aliphatic heterocycles. The molecule has 0 spiro atoms. The summed E-state index contributed by atoms with van der Waals surface area (Å²) < 4.78 is 0. The Morgan fingerprint density at radius 1 is 0.944 bits per heavy atom. The fourth-order valence-corrected chi connectivity index (χ4v) is 4.50. The zero-order valence-corrected chi connectivity index (χ0v) is 13.3. The summed E-state index contributed by atoms with van der Waals surface area (Å²) in [7, 11) is 0. The van der Waals surface area contributed by atoms with Crippen molar-refractivity contribution >= 4 is 0 Å². The lowest BCUT2D eigenvalue weighted by Gasteiger charge is -2.39. The smallest absolute Gasteiger partial charge is 0.0208 e. The van der Waals surface area contributed by atoms with Gasteiger partial charge in [-0.2, -0.15) is 0 Å². The Morgan fingerprint density at radius 2 is 1.39 bits per heavy atom. The number of fused-ring (bicyclic) bond motifs is 1. The molecule has 0 aromatic heterocycles. The SMILES string of the molecule is CC(C)(C)CC1CC2CC(N)(C(C)(C)C)CC2C1. The number of rotatable bonds is 1. The first kappa shape index (κ1) is 14.4. The van der Waals surface area contributed by atoms with E-state index in [-0.39, 0.29) is 11.0 Å². The van der Waals surface area contributed by atoms with Crippen LogP contribution in [-0.2, 0) is 0 Å². The maximum absolute atomic E-state index is 6.70. The van der Waals surface area contributed by atoms with Crippen LogP contribution in [0.2, 0.25) is 0 Å². The third-order valence-corrected chi connectivity index (χ3v) is 5.59. The average molecular weight is 251 g/mol. The summed E-state index contributed by atoms with van der Waals surface area (Å²) in [6.07, 6.45) is 6.81. The van der Waals surface area contributed by atoms with Crippen molar-refractivity contribution in [2.75, 3.05) is 0 Å². The second kappa shape index (κ2) is 4.23. The predicted molar refractivity (Wildman–Crippen MR) is 79.4 cm³/mol. The first-order chi connectivity index (χ1) is 8.00. The van der Waals surface area contributed by atoms with Crippen LogP contribution in [0.5, 0.6) is 0 Å². The van der Waals surface area contributed by atoms with E-state index in [1.807, 2.05) is 0 Å². The molecule has 2 unspecified atom stereocenters. The largest absolute Gasteiger partial charge is 0.325 e. The lowest BCUT2D eigenvalue weighted by Crippen LogP contribution is -2.49. The average Bonchev–Trinajstić information content (AvgIpc) is 2.53. The molecule has 0 aromatic carbocycles. The predicted octanol–water partition coefficient (Wildman–Crippen LogP) is 4.60. The molecular weight excluding hydrogens is 218 g/mol. The molecule has 2 saturated carbocycles. The summed E-state index contributed by atoms with van der Waals surface area (Å²) in [5.41, 5.74) is 7.55. The first-order valence-corrected chi connectivity index (χ1v) is 7.79. The van der Waals surface area contributed by atoms with Crippen LogP contribution in [0.1, 0.15) is 73.6 Å². The Morgan fingerprint density at radius 3 is 1.72 bits per heavy atom. The molecule has 2 aliphatic carbocycles. The van der Waals surface area contributed by atoms with Gasteiger partial charge in [0.15, 0.2) is 0 Å². The van der Waals surface area contributed by atoms with Gasteiger partial charge in [-0.15, -0.1) is 0 Å². The van der Waals surface area contributed by atoms with Crippen molar-refractivity contribution in [2.24, 2.45) is 34.3 Å². The van der Waals surface area contributed by atoms with Crippen molar-refractivity contribution in [3.05, 3.63) is 0 Å². The quantitative estimate of drug-likeness (QED) is 0.724. The Bertz CT molecular complexity index is 291. The molecule has 18 heavy (non-hydrogen) atoms. The highest BCUT2D eigenvalue weighted by atomic mass is 14.8. The van der Waals surface area contributed by atoms with Gasteiger partial charge < -0.3 is 5.73 Å². The molecular formula is C17H33N. The van der Waals surface area contributed by atoms with Crippen molar-refractivity contribution in [3.8, 4) is 0 Å². The van der Waals surface area contributed by atoms with E-state index in [9.17, 15) is 0 Å². The summed E-state index contributed by atoms with van der Waals surface area (Å²) in [6, 6.07) is 0. The second-order valence-electron chi connectivity index (χ2n) is 9.44. The maximum Gasteiger partial charge on any atom is 0.0208 e. The normalized spacial score (nSPS) is 41.2. The van der Waals surface area contributed by atoms with Gasteiger partial charge >= 0.3 is 0 Å². The van der Waals surface area contributed by atoms with Gasteiger partial charge in [-0.3, -0.25) is 0 Å². The monoisotopic (exact) mass is 251 g/mol. The summed E-state index contributed by atoms with van der Waals surface area (Å²) in [6.45, 7) is 14.1. The zero-order valence-electron chi connectivity index (χ0n) is 13.3. The zero-order chi connectivity index (χ0) is 13.8. The molecule has 0 saturated heterocycles. The van der Waals surface area contributed by atoms with E-state index >= 15 is 0 Å². The van der Waals surface area contributed by atoms with E-state index in [1.165, 1.54) is 32.1 Å². The Kier molecular flexibility index (Phi) is 3.38. The molecule has 2 atom stereocenters. The van der Waals surface area contributed by atoms with E-state index in [0.29, 0.717) is 5.41 Å².